The highest BCUT2D eigenvalue weighted by Gasteiger charge is 2.60. The number of ketones is 1. The molecule has 0 saturated heterocycles. The number of fused-ring (bicyclic) bond motifs is 7. The fraction of sp³-hybridized carbons (Fsp3) is 0.0476. The lowest BCUT2D eigenvalue weighted by Crippen LogP contribution is -2.47. The molecular formula is C21H13N5O3. The molecule has 2 aromatic carbocycles. The van der Waals surface area contributed by atoms with Crippen LogP contribution < -0.4 is 21.9 Å². The number of H-pyrrole nitrogens is 1. The smallest absolute Gasteiger partial charge is 0.259 e. The van der Waals surface area contributed by atoms with Gasteiger partial charge in [0.2, 0.25) is 11.9 Å². The van der Waals surface area contributed by atoms with Crippen LogP contribution in [0, 0.1) is 0 Å². The lowest BCUT2D eigenvalue weighted by molar-refractivity contribution is -0.118. The number of aromatic amines is 1. The highest BCUT2D eigenvalue weighted by Crippen LogP contribution is 2.55. The lowest BCUT2D eigenvalue weighted by Gasteiger charge is -2.34. The fourth-order valence-electron chi connectivity index (χ4n) is 4.70. The summed E-state index contributed by atoms with van der Waals surface area (Å²) in [5.41, 5.74) is 6.58. The van der Waals surface area contributed by atoms with Crippen LogP contribution in [0.5, 0.6) is 0 Å². The van der Waals surface area contributed by atoms with Crippen molar-refractivity contribution in [2.24, 2.45) is 0 Å². The molecule has 0 radical (unpaired) electrons. The summed E-state index contributed by atoms with van der Waals surface area (Å²) in [5, 5.41) is 5.93. The quantitative estimate of drug-likeness (QED) is 0.467. The van der Waals surface area contributed by atoms with Gasteiger partial charge in [0.25, 0.3) is 5.56 Å². The molecule has 29 heavy (non-hydrogen) atoms. The SMILES string of the molecule is Nc1nc2c(c(=O)[nH]1)C1(C(=O)Nc3ccccc31)C1=C(N2)c2ccccc2C1=O. The van der Waals surface area contributed by atoms with E-state index in [1.807, 2.05) is 6.07 Å². The number of anilines is 3. The van der Waals surface area contributed by atoms with Crippen LogP contribution in [0.15, 0.2) is 58.9 Å². The molecule has 0 fully saturated rings. The van der Waals surface area contributed by atoms with E-state index >= 15 is 0 Å². The van der Waals surface area contributed by atoms with Gasteiger partial charge < -0.3 is 16.4 Å². The third-order valence-electron chi connectivity index (χ3n) is 5.77. The fourth-order valence-corrected chi connectivity index (χ4v) is 4.70. The highest BCUT2D eigenvalue weighted by atomic mass is 16.2. The summed E-state index contributed by atoms with van der Waals surface area (Å²) in [6.07, 6.45) is 0. The van der Waals surface area contributed by atoms with Crippen LogP contribution >= 0.6 is 0 Å². The predicted octanol–water partition coefficient (Wildman–Crippen LogP) is 1.62. The summed E-state index contributed by atoms with van der Waals surface area (Å²) in [7, 11) is 0. The van der Waals surface area contributed by atoms with E-state index < -0.39 is 16.9 Å². The van der Waals surface area contributed by atoms with Gasteiger partial charge in [-0.1, -0.05) is 42.5 Å². The van der Waals surface area contributed by atoms with Crippen molar-refractivity contribution in [1.29, 1.82) is 0 Å². The molecule has 0 bridgehead atoms. The number of para-hydroxylation sites is 1. The zero-order chi connectivity index (χ0) is 19.9. The minimum atomic E-state index is -1.61. The number of aromatic nitrogens is 2. The van der Waals surface area contributed by atoms with Crippen molar-refractivity contribution in [1.82, 2.24) is 9.97 Å². The van der Waals surface area contributed by atoms with Crippen molar-refractivity contribution in [3.63, 3.8) is 0 Å². The second-order valence-corrected chi connectivity index (χ2v) is 7.17. The zero-order valence-electron chi connectivity index (χ0n) is 14.9. The Morgan fingerprint density at radius 3 is 2.45 bits per heavy atom. The Labute approximate surface area is 163 Å². The number of nitrogens with zero attached hydrogens (tertiary/aromatic N) is 1. The minimum absolute atomic E-state index is 0.0639. The number of nitrogen functional groups attached to an aromatic ring is 1. The summed E-state index contributed by atoms with van der Waals surface area (Å²) in [5.74, 6) is -0.671. The molecule has 8 heteroatoms. The van der Waals surface area contributed by atoms with Gasteiger partial charge in [-0.2, -0.15) is 4.98 Å². The molecule has 5 N–H and O–H groups in total. The first-order valence-corrected chi connectivity index (χ1v) is 9.00. The van der Waals surface area contributed by atoms with E-state index in [-0.39, 0.29) is 28.7 Å². The third-order valence-corrected chi connectivity index (χ3v) is 5.77. The van der Waals surface area contributed by atoms with E-state index in [0.717, 1.165) is 0 Å². The molecule has 8 nitrogen and oxygen atoms in total. The Hall–Kier alpha value is -4.20. The van der Waals surface area contributed by atoms with Gasteiger partial charge in [-0.05, 0) is 6.07 Å². The molecule has 0 saturated carbocycles. The van der Waals surface area contributed by atoms with Crippen molar-refractivity contribution in [2.45, 2.75) is 5.41 Å². The van der Waals surface area contributed by atoms with Crippen molar-refractivity contribution < 1.29 is 9.59 Å². The number of hydrogen-bond acceptors (Lipinski definition) is 6. The minimum Gasteiger partial charge on any atom is -0.369 e. The number of nitrogens with one attached hydrogen (secondary N) is 3. The number of carbonyl (C=O) groups is 2. The van der Waals surface area contributed by atoms with Gasteiger partial charge in [0.15, 0.2) is 5.78 Å². The molecule has 3 aromatic rings. The maximum atomic E-state index is 13.5. The summed E-state index contributed by atoms with van der Waals surface area (Å²) in [6, 6.07) is 14.1. The maximum absolute atomic E-state index is 13.5. The van der Waals surface area contributed by atoms with E-state index in [1.54, 1.807) is 42.5 Å². The topological polar surface area (TPSA) is 130 Å². The standard InChI is InChI=1S/C21H13N5O3/c22-20-25-17-14(18(28)26-20)21(11-7-3-4-8-12(11)23-19(21)29)13-15(24-17)9-5-1-2-6-10(9)16(13)27/h1-8H,(H,23,29)(H4,22,24,25,26,28). The Morgan fingerprint density at radius 1 is 0.897 bits per heavy atom. The van der Waals surface area contributed by atoms with Crippen LogP contribution in [0.3, 0.4) is 0 Å². The summed E-state index contributed by atoms with van der Waals surface area (Å²) >= 11 is 0. The first-order valence-electron chi connectivity index (χ1n) is 9.00. The Balaban J connectivity index is 1.81. The van der Waals surface area contributed by atoms with Crippen molar-refractivity contribution >= 4 is 34.8 Å². The van der Waals surface area contributed by atoms with Crippen molar-refractivity contribution in [3.05, 3.63) is 86.7 Å². The van der Waals surface area contributed by atoms with Crippen LogP contribution in [0.4, 0.5) is 17.5 Å². The number of rotatable bonds is 0. The van der Waals surface area contributed by atoms with Gasteiger partial charge in [-0.3, -0.25) is 19.4 Å². The van der Waals surface area contributed by atoms with Gasteiger partial charge in [-0.15, -0.1) is 0 Å². The van der Waals surface area contributed by atoms with Crippen LogP contribution in [-0.2, 0) is 10.2 Å². The maximum Gasteiger partial charge on any atom is 0.259 e. The molecule has 1 spiro atoms. The Bertz CT molecular complexity index is 1390. The van der Waals surface area contributed by atoms with E-state index in [9.17, 15) is 14.4 Å². The molecule has 3 heterocycles. The van der Waals surface area contributed by atoms with Crippen LogP contribution in [0.2, 0.25) is 0 Å². The van der Waals surface area contributed by atoms with E-state index in [2.05, 4.69) is 20.6 Å². The second kappa shape index (κ2) is 4.99. The average Bonchev–Trinajstić information content (AvgIpc) is 3.15. The monoisotopic (exact) mass is 383 g/mol. The number of Topliss-reactive ketones (excluding diaryl/α,β-unsaturated/α-hetero) is 1. The largest absolute Gasteiger partial charge is 0.369 e. The highest BCUT2D eigenvalue weighted by molar-refractivity contribution is 6.30. The first-order chi connectivity index (χ1) is 14.0. The molecule has 1 aromatic heterocycles. The van der Waals surface area contributed by atoms with Gasteiger partial charge in [0.05, 0.1) is 11.3 Å². The molecule has 2 aliphatic heterocycles. The van der Waals surface area contributed by atoms with E-state index in [1.165, 1.54) is 0 Å². The predicted molar refractivity (Wildman–Crippen MR) is 106 cm³/mol. The van der Waals surface area contributed by atoms with E-state index in [0.29, 0.717) is 28.1 Å². The normalized spacial score (nSPS) is 20.7. The number of hydrogen-bond donors (Lipinski definition) is 4. The van der Waals surface area contributed by atoms with Crippen LogP contribution in [0.25, 0.3) is 5.70 Å². The van der Waals surface area contributed by atoms with Crippen molar-refractivity contribution in [3.8, 4) is 0 Å². The Kier molecular flexibility index (Phi) is 2.72. The molecule has 6 rings (SSSR count). The molecular weight excluding hydrogens is 370 g/mol. The molecule has 1 aliphatic carbocycles. The first kappa shape index (κ1) is 15.8. The Morgan fingerprint density at radius 2 is 1.62 bits per heavy atom. The zero-order valence-corrected chi connectivity index (χ0v) is 14.9. The second-order valence-electron chi connectivity index (χ2n) is 7.17. The average molecular weight is 383 g/mol. The number of amides is 1. The van der Waals surface area contributed by atoms with Gasteiger partial charge in [0.1, 0.15) is 11.2 Å². The number of nitrogens with two attached hydrogens (primary N) is 1. The van der Waals surface area contributed by atoms with E-state index in [4.69, 9.17) is 5.73 Å². The van der Waals surface area contributed by atoms with Gasteiger partial charge in [-0.25, -0.2) is 0 Å². The number of carbonyl (C=O) groups excluding carboxylic acids is 2. The molecule has 1 atom stereocenters. The van der Waals surface area contributed by atoms with Crippen molar-refractivity contribution in [2.75, 3.05) is 16.4 Å². The molecule has 1 unspecified atom stereocenters. The van der Waals surface area contributed by atoms with Crippen LogP contribution in [0.1, 0.15) is 27.0 Å². The van der Waals surface area contributed by atoms with Crippen LogP contribution in [-0.4, -0.2) is 21.7 Å². The van der Waals surface area contributed by atoms with Gasteiger partial charge in [0, 0.05) is 28.0 Å². The molecule has 3 aliphatic rings. The third kappa shape index (κ3) is 1.69. The summed E-state index contributed by atoms with van der Waals surface area (Å²) in [4.78, 5) is 46.8. The lowest BCUT2D eigenvalue weighted by atomic mass is 9.67. The molecule has 140 valence electrons. The summed E-state index contributed by atoms with van der Waals surface area (Å²) < 4.78 is 0. The molecule has 1 amide bonds. The number of benzene rings is 2. The summed E-state index contributed by atoms with van der Waals surface area (Å²) in [6.45, 7) is 0. The van der Waals surface area contributed by atoms with Gasteiger partial charge >= 0.3 is 0 Å².